The molecule has 1 amide bonds. The van der Waals surface area contributed by atoms with E-state index in [0.717, 1.165) is 17.4 Å². The van der Waals surface area contributed by atoms with Crippen LogP contribution in [-0.2, 0) is 4.74 Å². The Balaban J connectivity index is 2.02. The van der Waals surface area contributed by atoms with Gasteiger partial charge >= 0.3 is 5.97 Å². The van der Waals surface area contributed by atoms with Gasteiger partial charge in [-0.3, -0.25) is 14.9 Å². The maximum atomic E-state index is 13.2. The minimum Gasteiger partial charge on any atom is -0.465 e. The van der Waals surface area contributed by atoms with Crippen LogP contribution < -0.4 is 5.32 Å². The van der Waals surface area contributed by atoms with Crippen LogP contribution >= 0.6 is 22.9 Å². The SMILES string of the molecule is COC(=O)c1c(-c2ccc(F)cc2)csc1NC(=O)c1ccc(Cl)cc1[N+](=O)[O-]. The summed E-state index contributed by atoms with van der Waals surface area (Å²) >= 11 is 6.81. The van der Waals surface area contributed by atoms with Gasteiger partial charge in [0, 0.05) is 22.0 Å². The zero-order valence-corrected chi connectivity index (χ0v) is 16.3. The first-order chi connectivity index (χ1) is 13.8. The van der Waals surface area contributed by atoms with Crippen molar-refractivity contribution < 1.29 is 23.6 Å². The van der Waals surface area contributed by atoms with Gasteiger partial charge in [-0.05, 0) is 29.8 Å². The number of nitro benzene ring substituents is 1. The highest BCUT2D eigenvalue weighted by Crippen LogP contribution is 2.37. The highest BCUT2D eigenvalue weighted by molar-refractivity contribution is 7.15. The fraction of sp³-hybridized carbons (Fsp3) is 0.0526. The van der Waals surface area contributed by atoms with Crippen molar-refractivity contribution in [3.8, 4) is 11.1 Å². The molecule has 1 aromatic heterocycles. The van der Waals surface area contributed by atoms with E-state index in [9.17, 15) is 24.1 Å². The van der Waals surface area contributed by atoms with Crippen molar-refractivity contribution in [3.05, 3.63) is 79.9 Å². The number of ether oxygens (including phenoxy) is 1. The van der Waals surface area contributed by atoms with E-state index in [0.29, 0.717) is 11.1 Å². The molecule has 0 radical (unpaired) electrons. The molecule has 0 aliphatic heterocycles. The monoisotopic (exact) mass is 434 g/mol. The van der Waals surface area contributed by atoms with Gasteiger partial charge in [0.1, 0.15) is 21.9 Å². The Hall–Kier alpha value is -3.30. The van der Waals surface area contributed by atoms with Crippen LogP contribution in [0.15, 0.2) is 47.8 Å². The maximum Gasteiger partial charge on any atom is 0.341 e. The van der Waals surface area contributed by atoms with Gasteiger partial charge in [-0.1, -0.05) is 23.7 Å². The summed E-state index contributed by atoms with van der Waals surface area (Å²) in [5.74, 6) is -1.94. The Labute approximate surface area is 172 Å². The first-order valence-corrected chi connectivity index (χ1v) is 9.28. The summed E-state index contributed by atoms with van der Waals surface area (Å²) in [7, 11) is 1.18. The molecular weight excluding hydrogens is 423 g/mol. The molecule has 0 atom stereocenters. The fourth-order valence-electron chi connectivity index (χ4n) is 2.61. The third-order valence-electron chi connectivity index (χ3n) is 3.96. The van der Waals surface area contributed by atoms with Crippen LogP contribution in [0.5, 0.6) is 0 Å². The van der Waals surface area contributed by atoms with Crippen LogP contribution in [0.4, 0.5) is 15.1 Å². The van der Waals surface area contributed by atoms with E-state index in [1.54, 1.807) is 5.38 Å². The first-order valence-electron chi connectivity index (χ1n) is 8.03. The largest absolute Gasteiger partial charge is 0.465 e. The fourth-order valence-corrected chi connectivity index (χ4v) is 3.73. The number of hydrogen-bond acceptors (Lipinski definition) is 6. The van der Waals surface area contributed by atoms with Gasteiger partial charge in [-0.2, -0.15) is 0 Å². The molecule has 2 aromatic carbocycles. The molecule has 0 spiro atoms. The molecule has 0 saturated carbocycles. The van der Waals surface area contributed by atoms with Crippen LogP contribution in [-0.4, -0.2) is 23.9 Å². The molecule has 0 aliphatic carbocycles. The number of anilines is 1. The highest BCUT2D eigenvalue weighted by atomic mass is 35.5. The average molecular weight is 435 g/mol. The number of rotatable bonds is 5. The van der Waals surface area contributed by atoms with Gasteiger partial charge in [0.05, 0.1) is 12.0 Å². The summed E-state index contributed by atoms with van der Waals surface area (Å²) in [6.45, 7) is 0. The van der Waals surface area contributed by atoms with Crippen molar-refractivity contribution in [2.75, 3.05) is 12.4 Å². The quantitative estimate of drug-likeness (QED) is 0.340. The number of nitrogens with one attached hydrogen (secondary N) is 1. The van der Waals surface area contributed by atoms with Crippen LogP contribution in [0.25, 0.3) is 11.1 Å². The van der Waals surface area contributed by atoms with Gasteiger partial charge in [-0.15, -0.1) is 11.3 Å². The molecule has 3 aromatic rings. The predicted molar refractivity (Wildman–Crippen MR) is 107 cm³/mol. The lowest BCUT2D eigenvalue weighted by Crippen LogP contribution is -2.15. The molecule has 29 heavy (non-hydrogen) atoms. The first kappa shape index (κ1) is 20.4. The zero-order valence-electron chi connectivity index (χ0n) is 14.8. The molecule has 10 heteroatoms. The van der Waals surface area contributed by atoms with Crippen molar-refractivity contribution in [1.82, 2.24) is 0 Å². The molecule has 1 heterocycles. The maximum absolute atomic E-state index is 13.2. The predicted octanol–water partition coefficient (Wildman–Crippen LogP) is 5.15. The van der Waals surface area contributed by atoms with Gasteiger partial charge in [-0.25, -0.2) is 9.18 Å². The number of carbonyl (C=O) groups excluding carboxylic acids is 2. The Kier molecular flexibility index (Phi) is 5.90. The molecule has 148 valence electrons. The van der Waals surface area contributed by atoms with Gasteiger partial charge in [0.25, 0.3) is 11.6 Å². The van der Waals surface area contributed by atoms with Crippen molar-refractivity contribution in [2.24, 2.45) is 0 Å². The lowest BCUT2D eigenvalue weighted by atomic mass is 10.0. The number of nitrogens with zero attached hydrogens (tertiary/aromatic N) is 1. The molecule has 0 bridgehead atoms. The minimum atomic E-state index is -0.786. The summed E-state index contributed by atoms with van der Waals surface area (Å²) in [4.78, 5) is 35.5. The summed E-state index contributed by atoms with van der Waals surface area (Å²) in [5, 5.41) is 15.6. The summed E-state index contributed by atoms with van der Waals surface area (Å²) in [5.41, 5.74) is 0.356. The second-order valence-electron chi connectivity index (χ2n) is 5.72. The lowest BCUT2D eigenvalue weighted by molar-refractivity contribution is -0.385. The van der Waals surface area contributed by atoms with Crippen molar-refractivity contribution in [2.45, 2.75) is 0 Å². The second kappa shape index (κ2) is 8.38. The molecule has 0 fully saturated rings. The van der Waals surface area contributed by atoms with Crippen molar-refractivity contribution in [3.63, 3.8) is 0 Å². The van der Waals surface area contributed by atoms with E-state index < -0.39 is 28.3 Å². The number of hydrogen-bond donors (Lipinski definition) is 1. The Morgan fingerprint density at radius 2 is 1.90 bits per heavy atom. The van der Waals surface area contributed by atoms with E-state index >= 15 is 0 Å². The third-order valence-corrected chi connectivity index (χ3v) is 5.09. The number of nitro groups is 1. The number of thiophene rings is 1. The number of benzene rings is 2. The van der Waals surface area contributed by atoms with Gasteiger partial charge in [0.15, 0.2) is 0 Å². The van der Waals surface area contributed by atoms with E-state index in [4.69, 9.17) is 16.3 Å². The molecule has 0 saturated heterocycles. The number of carbonyl (C=O) groups is 2. The topological polar surface area (TPSA) is 98.5 Å². The normalized spacial score (nSPS) is 10.4. The number of esters is 1. The van der Waals surface area contributed by atoms with Crippen LogP contribution in [0.2, 0.25) is 5.02 Å². The van der Waals surface area contributed by atoms with Crippen LogP contribution in [0, 0.1) is 15.9 Å². The smallest absolute Gasteiger partial charge is 0.341 e. The number of amides is 1. The molecule has 3 rings (SSSR count). The van der Waals surface area contributed by atoms with Gasteiger partial charge < -0.3 is 10.1 Å². The van der Waals surface area contributed by atoms with Crippen molar-refractivity contribution in [1.29, 1.82) is 0 Å². The third kappa shape index (κ3) is 4.25. The highest BCUT2D eigenvalue weighted by Gasteiger charge is 2.26. The van der Waals surface area contributed by atoms with E-state index in [1.807, 2.05) is 0 Å². The summed E-state index contributed by atoms with van der Waals surface area (Å²) in [6.07, 6.45) is 0. The van der Waals surface area contributed by atoms with Crippen molar-refractivity contribution >= 4 is 45.5 Å². The second-order valence-corrected chi connectivity index (χ2v) is 7.04. The Bertz CT molecular complexity index is 1110. The molecule has 7 nitrogen and oxygen atoms in total. The lowest BCUT2D eigenvalue weighted by Gasteiger charge is -2.08. The molecule has 0 aliphatic rings. The Morgan fingerprint density at radius 3 is 2.52 bits per heavy atom. The van der Waals surface area contributed by atoms with E-state index in [1.165, 1.54) is 43.5 Å². The summed E-state index contributed by atoms with van der Waals surface area (Å²) in [6, 6.07) is 9.09. The molecule has 0 unspecified atom stereocenters. The average Bonchev–Trinajstić information content (AvgIpc) is 3.11. The number of halogens is 2. The zero-order chi connectivity index (χ0) is 21.1. The number of methoxy groups -OCH3 is 1. The van der Waals surface area contributed by atoms with E-state index in [2.05, 4.69) is 5.32 Å². The van der Waals surface area contributed by atoms with Crippen LogP contribution in [0.3, 0.4) is 0 Å². The summed E-state index contributed by atoms with van der Waals surface area (Å²) < 4.78 is 18.0. The van der Waals surface area contributed by atoms with Gasteiger partial charge in [0.2, 0.25) is 0 Å². The molecular formula is C19H12ClFN2O5S. The van der Waals surface area contributed by atoms with E-state index in [-0.39, 0.29) is 21.2 Å². The Morgan fingerprint density at radius 1 is 1.21 bits per heavy atom. The van der Waals surface area contributed by atoms with Crippen LogP contribution in [0.1, 0.15) is 20.7 Å². The molecule has 1 N–H and O–H groups in total. The minimum absolute atomic E-state index is 0.0640. The standard InChI is InChI=1S/C19H12ClFN2O5S/c1-28-19(25)16-14(10-2-5-12(21)6-3-10)9-29-18(16)22-17(24)13-7-4-11(20)8-15(13)23(26)27/h2-9H,1H3,(H,22,24).